The van der Waals surface area contributed by atoms with E-state index in [1.54, 1.807) is 38.3 Å². The molecule has 2 amide bonds. The molecular weight excluding hydrogens is 318 g/mol. The number of rotatable bonds is 8. The third-order valence-electron chi connectivity index (χ3n) is 2.89. The Balaban J connectivity index is 2.58. The molecule has 0 saturated heterocycles. The van der Waals surface area contributed by atoms with Crippen LogP contribution in [0.15, 0.2) is 17.5 Å². The molecule has 3 N–H and O–H groups in total. The van der Waals surface area contributed by atoms with E-state index in [0.29, 0.717) is 10.8 Å². The minimum absolute atomic E-state index is 0.0341. The standard InChI is InChI=1S/C15H21N3O4S/c1-4-5-6-11(14(21)22)17-12(19)7-10-8-23-15(16-10)18-13(20)9(2)3/h4-5,8-9,11H,6-7H2,1-3H3,(H,17,19)(H,21,22)(H,16,18,20)/b5-4+. The maximum absolute atomic E-state index is 11.9. The lowest BCUT2D eigenvalue weighted by Crippen LogP contribution is -2.41. The molecule has 0 spiro atoms. The molecule has 1 aromatic rings. The van der Waals surface area contributed by atoms with Gasteiger partial charge >= 0.3 is 5.97 Å². The Hall–Kier alpha value is -2.22. The molecule has 0 fully saturated rings. The lowest BCUT2D eigenvalue weighted by molar-refractivity contribution is -0.141. The van der Waals surface area contributed by atoms with Gasteiger partial charge in [-0.3, -0.25) is 9.59 Å². The summed E-state index contributed by atoms with van der Waals surface area (Å²) in [7, 11) is 0. The first-order chi connectivity index (χ1) is 10.8. The summed E-state index contributed by atoms with van der Waals surface area (Å²) in [6.07, 6.45) is 3.60. The van der Waals surface area contributed by atoms with E-state index < -0.39 is 17.9 Å². The number of nitrogens with zero attached hydrogens (tertiary/aromatic N) is 1. The van der Waals surface area contributed by atoms with Crippen molar-refractivity contribution in [3.05, 3.63) is 23.2 Å². The first-order valence-corrected chi connectivity index (χ1v) is 8.10. The van der Waals surface area contributed by atoms with Crippen LogP contribution in [0.5, 0.6) is 0 Å². The molecule has 126 valence electrons. The first-order valence-electron chi connectivity index (χ1n) is 7.22. The highest BCUT2D eigenvalue weighted by atomic mass is 32.1. The molecule has 8 heteroatoms. The molecule has 0 aliphatic heterocycles. The highest BCUT2D eigenvalue weighted by Crippen LogP contribution is 2.16. The number of carboxylic acids is 1. The minimum atomic E-state index is -1.08. The minimum Gasteiger partial charge on any atom is -0.480 e. The van der Waals surface area contributed by atoms with Gasteiger partial charge in [0.2, 0.25) is 11.8 Å². The molecule has 0 aromatic carbocycles. The highest BCUT2D eigenvalue weighted by molar-refractivity contribution is 7.13. The lowest BCUT2D eigenvalue weighted by Gasteiger charge is -2.11. The summed E-state index contributed by atoms with van der Waals surface area (Å²) in [6, 6.07) is -0.961. The second kappa shape index (κ2) is 9.04. The van der Waals surface area contributed by atoms with Gasteiger partial charge < -0.3 is 15.7 Å². The molecule has 1 rings (SSSR count). The van der Waals surface area contributed by atoms with Crippen LogP contribution in [-0.2, 0) is 20.8 Å². The predicted octanol–water partition coefficient (Wildman–Crippen LogP) is 1.82. The van der Waals surface area contributed by atoms with Crippen LogP contribution in [0.1, 0.15) is 32.9 Å². The van der Waals surface area contributed by atoms with Crippen molar-refractivity contribution in [2.24, 2.45) is 5.92 Å². The Labute approximate surface area is 138 Å². The van der Waals surface area contributed by atoms with E-state index in [0.717, 1.165) is 0 Å². The molecule has 0 aliphatic rings. The number of carboxylic acid groups (broad SMARTS) is 1. The van der Waals surface area contributed by atoms with E-state index in [2.05, 4.69) is 15.6 Å². The quantitative estimate of drug-likeness (QED) is 0.626. The average molecular weight is 339 g/mol. The highest BCUT2D eigenvalue weighted by Gasteiger charge is 2.19. The zero-order valence-electron chi connectivity index (χ0n) is 13.3. The molecular formula is C15H21N3O4S. The second-order valence-electron chi connectivity index (χ2n) is 5.23. The number of allylic oxidation sites excluding steroid dienone is 1. The number of amides is 2. The fourth-order valence-electron chi connectivity index (χ4n) is 1.60. The number of anilines is 1. The number of carbonyl (C=O) groups is 3. The third-order valence-corrected chi connectivity index (χ3v) is 3.70. The summed E-state index contributed by atoms with van der Waals surface area (Å²) in [6.45, 7) is 5.32. The van der Waals surface area contributed by atoms with Crippen molar-refractivity contribution in [3.8, 4) is 0 Å². The van der Waals surface area contributed by atoms with E-state index in [1.807, 2.05) is 0 Å². The van der Waals surface area contributed by atoms with Gasteiger partial charge in [0, 0.05) is 11.3 Å². The number of hydrogen-bond donors (Lipinski definition) is 3. The van der Waals surface area contributed by atoms with Crippen LogP contribution in [0.25, 0.3) is 0 Å². The van der Waals surface area contributed by atoms with E-state index >= 15 is 0 Å². The molecule has 23 heavy (non-hydrogen) atoms. The van der Waals surface area contributed by atoms with Crippen molar-refractivity contribution in [1.82, 2.24) is 10.3 Å². The van der Waals surface area contributed by atoms with Gasteiger partial charge in [-0.25, -0.2) is 9.78 Å². The van der Waals surface area contributed by atoms with Crippen molar-refractivity contribution >= 4 is 34.3 Å². The van der Waals surface area contributed by atoms with Crippen LogP contribution in [0.2, 0.25) is 0 Å². The molecule has 1 unspecified atom stereocenters. The maximum atomic E-state index is 11.9. The predicted molar refractivity (Wildman–Crippen MR) is 88.3 cm³/mol. The summed E-state index contributed by atoms with van der Waals surface area (Å²) < 4.78 is 0. The molecule has 0 saturated carbocycles. The molecule has 1 atom stereocenters. The zero-order chi connectivity index (χ0) is 17.4. The number of carbonyl (C=O) groups excluding carboxylic acids is 2. The lowest BCUT2D eigenvalue weighted by atomic mass is 10.2. The Kier molecular flexibility index (Phi) is 7.40. The van der Waals surface area contributed by atoms with Gasteiger partial charge in [-0.1, -0.05) is 26.0 Å². The van der Waals surface area contributed by atoms with Gasteiger partial charge in [-0.05, 0) is 13.3 Å². The van der Waals surface area contributed by atoms with Crippen molar-refractivity contribution in [2.75, 3.05) is 5.32 Å². The van der Waals surface area contributed by atoms with E-state index in [-0.39, 0.29) is 24.7 Å². The van der Waals surface area contributed by atoms with Crippen LogP contribution in [-0.4, -0.2) is 33.9 Å². The van der Waals surface area contributed by atoms with Crippen LogP contribution >= 0.6 is 11.3 Å². The van der Waals surface area contributed by atoms with Crippen LogP contribution in [0, 0.1) is 5.92 Å². The van der Waals surface area contributed by atoms with Crippen molar-refractivity contribution in [1.29, 1.82) is 0 Å². The third kappa shape index (κ3) is 6.60. The Morgan fingerprint density at radius 3 is 2.65 bits per heavy atom. The monoisotopic (exact) mass is 339 g/mol. The first kappa shape index (κ1) is 18.8. The number of aliphatic carboxylic acids is 1. The smallest absolute Gasteiger partial charge is 0.326 e. The topological polar surface area (TPSA) is 108 Å². The van der Waals surface area contributed by atoms with Crippen LogP contribution < -0.4 is 10.6 Å². The summed E-state index contributed by atoms with van der Waals surface area (Å²) >= 11 is 1.23. The van der Waals surface area contributed by atoms with Gasteiger partial charge in [0.05, 0.1) is 12.1 Å². The Morgan fingerprint density at radius 2 is 2.09 bits per heavy atom. The summed E-state index contributed by atoms with van der Waals surface area (Å²) in [5.74, 6) is -1.81. The van der Waals surface area contributed by atoms with E-state index in [1.165, 1.54) is 11.3 Å². The molecule has 7 nitrogen and oxygen atoms in total. The number of hydrogen-bond acceptors (Lipinski definition) is 5. The van der Waals surface area contributed by atoms with Gasteiger partial charge in [0.15, 0.2) is 5.13 Å². The Morgan fingerprint density at radius 1 is 1.39 bits per heavy atom. The van der Waals surface area contributed by atoms with Crippen LogP contribution in [0.4, 0.5) is 5.13 Å². The largest absolute Gasteiger partial charge is 0.480 e. The van der Waals surface area contributed by atoms with Crippen molar-refractivity contribution in [3.63, 3.8) is 0 Å². The van der Waals surface area contributed by atoms with Gasteiger partial charge in [-0.2, -0.15) is 0 Å². The van der Waals surface area contributed by atoms with Gasteiger partial charge in [0.1, 0.15) is 6.04 Å². The second-order valence-corrected chi connectivity index (χ2v) is 6.09. The number of nitrogens with one attached hydrogen (secondary N) is 2. The number of aromatic nitrogens is 1. The molecule has 0 radical (unpaired) electrons. The SMILES string of the molecule is C/C=C/CC(NC(=O)Cc1csc(NC(=O)C(C)C)n1)C(=O)O. The Bertz CT molecular complexity index is 595. The van der Waals surface area contributed by atoms with E-state index in [9.17, 15) is 14.4 Å². The fourth-order valence-corrected chi connectivity index (χ4v) is 2.31. The van der Waals surface area contributed by atoms with Crippen LogP contribution in [0.3, 0.4) is 0 Å². The van der Waals surface area contributed by atoms with Crippen molar-refractivity contribution in [2.45, 2.75) is 39.7 Å². The van der Waals surface area contributed by atoms with Gasteiger partial charge in [-0.15, -0.1) is 11.3 Å². The summed E-state index contributed by atoms with van der Waals surface area (Å²) in [4.78, 5) is 38.7. The van der Waals surface area contributed by atoms with Crippen molar-refractivity contribution < 1.29 is 19.5 Å². The normalized spacial score (nSPS) is 12.3. The molecule has 1 aromatic heterocycles. The number of thiazole rings is 1. The van der Waals surface area contributed by atoms with Gasteiger partial charge in [0.25, 0.3) is 0 Å². The van der Waals surface area contributed by atoms with E-state index in [4.69, 9.17) is 5.11 Å². The average Bonchev–Trinajstić information content (AvgIpc) is 2.89. The maximum Gasteiger partial charge on any atom is 0.326 e. The molecule has 0 bridgehead atoms. The summed E-state index contributed by atoms with van der Waals surface area (Å²) in [5.41, 5.74) is 0.488. The summed E-state index contributed by atoms with van der Waals surface area (Å²) in [5, 5.41) is 16.3. The molecule has 1 heterocycles. The zero-order valence-corrected chi connectivity index (χ0v) is 14.1. The fraction of sp³-hybridized carbons (Fsp3) is 0.467. The molecule has 0 aliphatic carbocycles.